The molecule has 25 heavy (non-hydrogen) atoms. The van der Waals surface area contributed by atoms with Gasteiger partial charge in [0, 0.05) is 37.1 Å². The average Bonchev–Trinajstić information content (AvgIpc) is 3.07. The van der Waals surface area contributed by atoms with Gasteiger partial charge in [-0.3, -0.25) is 4.99 Å². The minimum Gasteiger partial charge on any atom is -0.496 e. The molecule has 0 bridgehead atoms. The van der Waals surface area contributed by atoms with E-state index in [1.165, 1.54) is 5.56 Å². The van der Waals surface area contributed by atoms with E-state index in [0.29, 0.717) is 18.1 Å². The Bertz CT molecular complexity index is 615. The van der Waals surface area contributed by atoms with Crippen molar-refractivity contribution in [1.29, 1.82) is 0 Å². The summed E-state index contributed by atoms with van der Waals surface area (Å²) in [6, 6.07) is 8.56. The second-order valence-corrected chi connectivity index (χ2v) is 7.51. The van der Waals surface area contributed by atoms with Gasteiger partial charge in [-0.25, -0.2) is 0 Å². The average molecular weight is 345 g/mol. The molecular formula is C20H31N3O2. The predicted molar refractivity (Wildman–Crippen MR) is 101 cm³/mol. The molecule has 1 saturated heterocycles. The van der Waals surface area contributed by atoms with Crippen LogP contribution in [-0.2, 0) is 11.2 Å². The maximum atomic E-state index is 5.89. The van der Waals surface area contributed by atoms with Crippen molar-refractivity contribution in [2.75, 3.05) is 26.8 Å². The van der Waals surface area contributed by atoms with E-state index in [1.54, 1.807) is 7.11 Å². The second-order valence-electron chi connectivity index (χ2n) is 7.51. The smallest absolute Gasteiger partial charge is 0.191 e. The van der Waals surface area contributed by atoms with Crippen LogP contribution in [0.3, 0.4) is 0 Å². The van der Waals surface area contributed by atoms with Crippen LogP contribution >= 0.6 is 0 Å². The van der Waals surface area contributed by atoms with Crippen molar-refractivity contribution in [3.63, 3.8) is 0 Å². The molecule has 2 aliphatic rings. The molecule has 1 aliphatic carbocycles. The van der Waals surface area contributed by atoms with E-state index in [9.17, 15) is 0 Å². The number of methoxy groups -OCH3 is 1. The molecule has 3 unspecified atom stereocenters. The fourth-order valence-corrected chi connectivity index (χ4v) is 4.28. The van der Waals surface area contributed by atoms with E-state index in [4.69, 9.17) is 14.5 Å². The normalized spacial score (nSPS) is 27.4. The number of aliphatic imine (C=N–C) groups is 1. The number of rotatable bonds is 6. The van der Waals surface area contributed by atoms with E-state index in [1.807, 2.05) is 18.2 Å². The van der Waals surface area contributed by atoms with Gasteiger partial charge in [-0.15, -0.1) is 0 Å². The van der Waals surface area contributed by atoms with E-state index in [0.717, 1.165) is 44.2 Å². The minimum atomic E-state index is 0.153. The van der Waals surface area contributed by atoms with E-state index >= 15 is 0 Å². The molecule has 0 spiro atoms. The Kier molecular flexibility index (Phi) is 5.52. The number of ether oxygens (including phenoxy) is 2. The summed E-state index contributed by atoms with van der Waals surface area (Å²) in [5, 5.41) is 7.04. The van der Waals surface area contributed by atoms with E-state index in [-0.39, 0.29) is 5.41 Å². The monoisotopic (exact) mass is 345 g/mol. The first-order valence-electron chi connectivity index (χ1n) is 9.36. The van der Waals surface area contributed by atoms with Crippen molar-refractivity contribution >= 4 is 5.96 Å². The second kappa shape index (κ2) is 7.65. The first-order valence-corrected chi connectivity index (χ1v) is 9.36. The number of benzene rings is 1. The highest BCUT2D eigenvalue weighted by Crippen LogP contribution is 2.52. The molecule has 1 aromatic carbocycles. The summed E-state index contributed by atoms with van der Waals surface area (Å²) in [5.74, 6) is 2.44. The highest BCUT2D eigenvalue weighted by Gasteiger charge is 2.59. The third-order valence-electron chi connectivity index (χ3n) is 5.58. The van der Waals surface area contributed by atoms with Crippen LogP contribution in [-0.4, -0.2) is 44.9 Å². The van der Waals surface area contributed by atoms with Gasteiger partial charge in [-0.05, 0) is 31.4 Å². The maximum absolute atomic E-state index is 5.89. The lowest BCUT2D eigenvalue weighted by Crippen LogP contribution is -2.68. The van der Waals surface area contributed by atoms with Crippen molar-refractivity contribution < 1.29 is 9.47 Å². The molecule has 0 radical (unpaired) electrons. The summed E-state index contributed by atoms with van der Waals surface area (Å²) in [6.45, 7) is 9.15. The van der Waals surface area contributed by atoms with Crippen molar-refractivity contribution in [3.8, 4) is 5.75 Å². The SMILES string of the molecule is CCNC(=NCCc1ccccc1OC)NC1C2CCOC2C1(C)C. The fourth-order valence-electron chi connectivity index (χ4n) is 4.28. The lowest BCUT2D eigenvalue weighted by Gasteiger charge is -2.54. The first-order chi connectivity index (χ1) is 12.1. The summed E-state index contributed by atoms with van der Waals surface area (Å²) in [7, 11) is 1.71. The summed E-state index contributed by atoms with van der Waals surface area (Å²) >= 11 is 0. The van der Waals surface area contributed by atoms with Gasteiger partial charge in [0.25, 0.3) is 0 Å². The van der Waals surface area contributed by atoms with Gasteiger partial charge in [-0.1, -0.05) is 32.0 Å². The quantitative estimate of drug-likeness (QED) is 0.615. The molecule has 2 fully saturated rings. The highest BCUT2D eigenvalue weighted by atomic mass is 16.5. The molecule has 1 aliphatic heterocycles. The molecule has 1 saturated carbocycles. The predicted octanol–water partition coefficient (Wildman–Crippen LogP) is 2.61. The van der Waals surface area contributed by atoms with Gasteiger partial charge in [0.05, 0.1) is 13.2 Å². The van der Waals surface area contributed by atoms with Gasteiger partial charge >= 0.3 is 0 Å². The number of nitrogens with one attached hydrogen (secondary N) is 2. The Morgan fingerprint density at radius 1 is 1.36 bits per heavy atom. The van der Waals surface area contributed by atoms with Crippen LogP contribution in [0.5, 0.6) is 5.75 Å². The molecule has 0 aromatic heterocycles. The van der Waals surface area contributed by atoms with Crippen LogP contribution in [0.4, 0.5) is 0 Å². The first kappa shape index (κ1) is 18.1. The Balaban J connectivity index is 1.62. The minimum absolute atomic E-state index is 0.153. The molecule has 3 rings (SSSR count). The summed E-state index contributed by atoms with van der Waals surface area (Å²) < 4.78 is 11.3. The zero-order valence-electron chi connectivity index (χ0n) is 15.8. The zero-order valence-corrected chi connectivity index (χ0v) is 15.8. The van der Waals surface area contributed by atoms with Crippen molar-refractivity contribution in [2.24, 2.45) is 16.3 Å². The fraction of sp³-hybridized carbons (Fsp3) is 0.650. The van der Waals surface area contributed by atoms with Gasteiger partial charge in [-0.2, -0.15) is 0 Å². The molecule has 1 heterocycles. The zero-order chi connectivity index (χ0) is 17.9. The molecule has 3 atom stereocenters. The molecular weight excluding hydrogens is 314 g/mol. The number of guanidine groups is 1. The van der Waals surface area contributed by atoms with Crippen molar-refractivity contribution in [3.05, 3.63) is 29.8 Å². The number of para-hydroxylation sites is 1. The number of hydrogen-bond acceptors (Lipinski definition) is 3. The summed E-state index contributed by atoms with van der Waals surface area (Å²) in [6.07, 6.45) is 2.40. The summed E-state index contributed by atoms with van der Waals surface area (Å²) in [5.41, 5.74) is 1.35. The molecule has 0 amide bonds. The third-order valence-corrected chi connectivity index (χ3v) is 5.58. The third kappa shape index (κ3) is 3.61. The van der Waals surface area contributed by atoms with Crippen molar-refractivity contribution in [2.45, 2.75) is 45.8 Å². The van der Waals surface area contributed by atoms with Crippen LogP contribution in [0.2, 0.25) is 0 Å². The van der Waals surface area contributed by atoms with Gasteiger partial charge < -0.3 is 20.1 Å². The number of hydrogen-bond donors (Lipinski definition) is 2. The Labute approximate surface area is 151 Å². The molecule has 2 N–H and O–H groups in total. The molecule has 5 heteroatoms. The number of fused-ring (bicyclic) bond motifs is 1. The Morgan fingerprint density at radius 3 is 2.92 bits per heavy atom. The van der Waals surface area contributed by atoms with Crippen molar-refractivity contribution in [1.82, 2.24) is 10.6 Å². The largest absolute Gasteiger partial charge is 0.496 e. The number of nitrogens with zero attached hydrogens (tertiary/aromatic N) is 1. The topological polar surface area (TPSA) is 54.9 Å². The lowest BCUT2D eigenvalue weighted by molar-refractivity contribution is -0.106. The van der Waals surface area contributed by atoms with Crippen LogP contribution in [0.15, 0.2) is 29.3 Å². The van der Waals surface area contributed by atoms with Gasteiger partial charge in [0.2, 0.25) is 0 Å². The van der Waals surface area contributed by atoms with Gasteiger partial charge in [0.15, 0.2) is 5.96 Å². The molecule has 138 valence electrons. The Hall–Kier alpha value is -1.75. The Morgan fingerprint density at radius 2 is 2.16 bits per heavy atom. The lowest BCUT2D eigenvalue weighted by atomic mass is 9.57. The van der Waals surface area contributed by atoms with Crippen LogP contribution in [0.25, 0.3) is 0 Å². The van der Waals surface area contributed by atoms with Crippen LogP contribution in [0, 0.1) is 11.3 Å². The van der Waals surface area contributed by atoms with E-state index in [2.05, 4.69) is 37.5 Å². The summed E-state index contributed by atoms with van der Waals surface area (Å²) in [4.78, 5) is 4.78. The van der Waals surface area contributed by atoms with Crippen LogP contribution < -0.4 is 15.4 Å². The molecule has 1 aromatic rings. The molecule has 5 nitrogen and oxygen atoms in total. The maximum Gasteiger partial charge on any atom is 0.191 e. The highest BCUT2D eigenvalue weighted by molar-refractivity contribution is 5.80. The van der Waals surface area contributed by atoms with E-state index < -0.39 is 0 Å². The van der Waals surface area contributed by atoms with Gasteiger partial charge in [0.1, 0.15) is 5.75 Å². The standard InChI is InChI=1S/C20H31N3O2/c1-5-21-19(22-12-10-14-8-6-7-9-16(14)24-4)23-17-15-11-13-25-18(15)20(17,2)3/h6-9,15,17-18H,5,10-13H2,1-4H3,(H2,21,22,23). The van der Waals surface area contributed by atoms with Crippen LogP contribution in [0.1, 0.15) is 32.8 Å².